The van der Waals surface area contributed by atoms with Crippen molar-refractivity contribution in [1.29, 1.82) is 0 Å². The predicted octanol–water partition coefficient (Wildman–Crippen LogP) is 3.89. The lowest BCUT2D eigenvalue weighted by Gasteiger charge is -2.19. The Labute approximate surface area is 194 Å². The van der Waals surface area contributed by atoms with Crippen LogP contribution < -0.4 is 16.0 Å². The molecule has 156 valence electrons. The largest absolute Gasteiger partial charge is 0.356 e. The molecule has 0 radical (unpaired) electrons. The number of aryl methyl sites for hydroxylation is 1. The van der Waals surface area contributed by atoms with Crippen molar-refractivity contribution in [2.45, 2.75) is 31.6 Å². The topological polar surface area (TPSA) is 78.4 Å². The minimum atomic E-state index is -0.0862. The van der Waals surface area contributed by atoms with Crippen LogP contribution in [0.25, 0.3) is 0 Å². The molecule has 1 amide bonds. The van der Waals surface area contributed by atoms with Crippen LogP contribution in [0.3, 0.4) is 0 Å². The van der Waals surface area contributed by atoms with Crippen molar-refractivity contribution in [2.24, 2.45) is 4.99 Å². The number of halogens is 2. The van der Waals surface area contributed by atoms with E-state index in [2.05, 4.69) is 32.0 Å². The van der Waals surface area contributed by atoms with Crippen LogP contribution in [0, 0.1) is 6.92 Å². The summed E-state index contributed by atoms with van der Waals surface area (Å²) in [7, 11) is 1.73. The van der Waals surface area contributed by atoms with Crippen LogP contribution in [-0.4, -0.2) is 37.0 Å². The van der Waals surface area contributed by atoms with Crippen molar-refractivity contribution in [3.8, 4) is 0 Å². The Morgan fingerprint density at radius 1 is 1.24 bits per heavy atom. The smallest absolute Gasteiger partial charge is 0.227 e. The molecule has 1 aromatic carbocycles. The van der Waals surface area contributed by atoms with Crippen LogP contribution in [-0.2, 0) is 10.2 Å². The fourth-order valence-electron chi connectivity index (χ4n) is 3.05. The molecule has 3 rings (SSSR count). The number of nitrogens with one attached hydrogen (secondary N) is 3. The fraction of sp³-hybridized carbons (Fsp3) is 0.381. The second kappa shape index (κ2) is 10.8. The maximum Gasteiger partial charge on any atom is 0.227 e. The van der Waals surface area contributed by atoms with Crippen LogP contribution in [0.15, 0.2) is 47.6 Å². The molecule has 29 heavy (non-hydrogen) atoms. The molecule has 6 nitrogen and oxygen atoms in total. The van der Waals surface area contributed by atoms with Gasteiger partial charge in [-0.3, -0.25) is 9.79 Å². The first kappa shape index (κ1) is 23.4. The number of amides is 1. The molecule has 1 aliphatic rings. The quantitative estimate of drug-likeness (QED) is 0.290. The van der Waals surface area contributed by atoms with E-state index < -0.39 is 0 Å². The highest BCUT2D eigenvalue weighted by molar-refractivity contribution is 14.0. The highest BCUT2D eigenvalue weighted by atomic mass is 127. The Morgan fingerprint density at radius 3 is 2.66 bits per heavy atom. The number of benzene rings is 1. The number of hydrogen-bond donors (Lipinski definition) is 3. The molecule has 2 aromatic rings. The Morgan fingerprint density at radius 2 is 2.03 bits per heavy atom. The normalized spacial score (nSPS) is 14.5. The lowest BCUT2D eigenvalue weighted by molar-refractivity contribution is -0.116. The van der Waals surface area contributed by atoms with Gasteiger partial charge in [0.25, 0.3) is 0 Å². The van der Waals surface area contributed by atoms with Gasteiger partial charge >= 0.3 is 0 Å². The van der Waals surface area contributed by atoms with E-state index in [1.807, 2.05) is 31.2 Å². The fourth-order valence-corrected chi connectivity index (χ4v) is 3.24. The number of aliphatic imine (C=N–C) groups is 1. The zero-order chi connectivity index (χ0) is 20.0. The Bertz CT molecular complexity index is 852. The number of carbonyl (C=O) groups excluding carboxylic acids is 1. The number of rotatable bonds is 7. The van der Waals surface area contributed by atoms with Crippen LogP contribution in [0.4, 0.5) is 5.82 Å². The summed E-state index contributed by atoms with van der Waals surface area (Å²) in [5.41, 5.74) is 2.44. The van der Waals surface area contributed by atoms with Gasteiger partial charge in [-0.05, 0) is 49.1 Å². The van der Waals surface area contributed by atoms with E-state index in [1.165, 1.54) is 5.56 Å². The monoisotopic (exact) mass is 527 g/mol. The molecule has 0 atom stereocenters. The molecule has 1 heterocycles. The molecular weight excluding hydrogens is 501 g/mol. The Balaban J connectivity index is 0.00000300. The standard InChI is InChI=1S/C21H26ClN5O.HI/c1-15-6-7-18(25-13-15)27-19(28)8-11-24-20(23-2)26-14-21(9-10-21)16-4-3-5-17(22)12-16;/h3-7,12-13H,8-11,14H2,1-2H3,(H2,23,24,26)(H,25,27,28);1H. The van der Waals surface area contributed by atoms with Crippen LogP contribution in [0.5, 0.6) is 0 Å². The number of carbonyl (C=O) groups is 1. The zero-order valence-corrected chi connectivity index (χ0v) is 19.8. The number of nitrogens with zero attached hydrogens (tertiary/aromatic N) is 2. The number of anilines is 1. The van der Waals surface area contributed by atoms with Crippen molar-refractivity contribution in [3.63, 3.8) is 0 Å². The van der Waals surface area contributed by atoms with E-state index in [0.29, 0.717) is 24.7 Å². The van der Waals surface area contributed by atoms with E-state index in [1.54, 1.807) is 19.3 Å². The summed E-state index contributed by atoms with van der Waals surface area (Å²) in [4.78, 5) is 20.5. The van der Waals surface area contributed by atoms with Gasteiger partial charge in [0.1, 0.15) is 5.82 Å². The third kappa shape index (κ3) is 6.85. The average molecular weight is 528 g/mol. The molecule has 8 heteroatoms. The van der Waals surface area contributed by atoms with Gasteiger partial charge in [0.15, 0.2) is 5.96 Å². The molecule has 3 N–H and O–H groups in total. The molecule has 0 spiro atoms. The molecule has 1 saturated carbocycles. The summed E-state index contributed by atoms with van der Waals surface area (Å²) in [6.45, 7) is 3.23. The summed E-state index contributed by atoms with van der Waals surface area (Å²) in [6, 6.07) is 11.8. The summed E-state index contributed by atoms with van der Waals surface area (Å²) < 4.78 is 0. The predicted molar refractivity (Wildman–Crippen MR) is 129 cm³/mol. The summed E-state index contributed by atoms with van der Waals surface area (Å²) >= 11 is 6.13. The minimum Gasteiger partial charge on any atom is -0.356 e. The van der Waals surface area contributed by atoms with Gasteiger partial charge in [-0.15, -0.1) is 24.0 Å². The second-order valence-electron chi connectivity index (χ2n) is 7.16. The number of pyridine rings is 1. The molecule has 0 bridgehead atoms. The van der Waals surface area contributed by atoms with Gasteiger partial charge in [0.2, 0.25) is 5.91 Å². The van der Waals surface area contributed by atoms with Gasteiger partial charge < -0.3 is 16.0 Å². The first-order valence-electron chi connectivity index (χ1n) is 9.44. The number of hydrogen-bond acceptors (Lipinski definition) is 3. The van der Waals surface area contributed by atoms with Gasteiger partial charge in [-0.25, -0.2) is 4.98 Å². The zero-order valence-electron chi connectivity index (χ0n) is 16.7. The van der Waals surface area contributed by atoms with E-state index in [0.717, 1.165) is 30.0 Å². The van der Waals surface area contributed by atoms with Crippen molar-refractivity contribution in [2.75, 3.05) is 25.5 Å². The molecular formula is C21H27ClIN5O. The molecule has 1 aromatic heterocycles. The van der Waals surface area contributed by atoms with Crippen LogP contribution in [0.1, 0.15) is 30.4 Å². The summed E-state index contributed by atoms with van der Waals surface area (Å²) in [6.07, 6.45) is 4.32. The first-order valence-corrected chi connectivity index (χ1v) is 9.82. The highest BCUT2D eigenvalue weighted by Gasteiger charge is 2.44. The Kier molecular flexibility index (Phi) is 8.70. The van der Waals surface area contributed by atoms with Crippen molar-refractivity contribution < 1.29 is 4.79 Å². The first-order chi connectivity index (χ1) is 13.5. The number of aromatic nitrogens is 1. The molecule has 0 saturated heterocycles. The van der Waals surface area contributed by atoms with Crippen molar-refractivity contribution in [1.82, 2.24) is 15.6 Å². The summed E-state index contributed by atoms with van der Waals surface area (Å²) in [5, 5.41) is 10.1. The molecule has 1 aliphatic carbocycles. The van der Waals surface area contributed by atoms with Gasteiger partial charge in [-0.2, -0.15) is 0 Å². The molecule has 0 unspecified atom stereocenters. The minimum absolute atomic E-state index is 0. The lowest BCUT2D eigenvalue weighted by atomic mass is 9.96. The SMILES string of the molecule is CN=C(NCCC(=O)Nc1ccc(C)cn1)NCC1(c2cccc(Cl)c2)CC1.I. The maximum absolute atomic E-state index is 12.0. The van der Waals surface area contributed by atoms with E-state index in [9.17, 15) is 4.79 Å². The van der Waals surface area contributed by atoms with E-state index in [4.69, 9.17) is 11.6 Å². The number of guanidine groups is 1. The van der Waals surface area contributed by atoms with E-state index in [-0.39, 0.29) is 35.3 Å². The average Bonchev–Trinajstić information content (AvgIpc) is 3.47. The Hall–Kier alpha value is -1.87. The van der Waals surface area contributed by atoms with Crippen LogP contribution in [0.2, 0.25) is 5.02 Å². The summed E-state index contributed by atoms with van der Waals surface area (Å²) in [5.74, 6) is 1.17. The molecule has 0 aliphatic heterocycles. The van der Waals surface area contributed by atoms with E-state index >= 15 is 0 Å². The third-order valence-corrected chi connectivity index (χ3v) is 5.17. The van der Waals surface area contributed by atoms with Gasteiger partial charge in [0, 0.05) is 43.2 Å². The van der Waals surface area contributed by atoms with Crippen molar-refractivity contribution >= 4 is 53.3 Å². The highest BCUT2D eigenvalue weighted by Crippen LogP contribution is 2.48. The molecule has 1 fully saturated rings. The third-order valence-electron chi connectivity index (χ3n) is 4.93. The second-order valence-corrected chi connectivity index (χ2v) is 7.60. The van der Waals surface area contributed by atoms with Gasteiger partial charge in [0.05, 0.1) is 0 Å². The maximum atomic E-state index is 12.0. The van der Waals surface area contributed by atoms with Crippen molar-refractivity contribution in [3.05, 3.63) is 58.7 Å². The van der Waals surface area contributed by atoms with Gasteiger partial charge in [-0.1, -0.05) is 29.8 Å². The van der Waals surface area contributed by atoms with Crippen LogP contribution >= 0.6 is 35.6 Å². The lowest BCUT2D eigenvalue weighted by Crippen LogP contribution is -2.42.